The molecule has 1 aliphatic carbocycles. The molecule has 0 saturated heterocycles. The molecule has 0 unspecified atom stereocenters. The lowest BCUT2D eigenvalue weighted by atomic mass is 9.65. The Balaban J connectivity index is 1.39. The highest BCUT2D eigenvalue weighted by molar-refractivity contribution is 5.55. The third-order valence-corrected chi connectivity index (χ3v) is 6.35. The Morgan fingerprint density at radius 1 is 0.906 bits per heavy atom. The topological polar surface area (TPSA) is 81.0 Å². The van der Waals surface area contributed by atoms with Crippen LogP contribution in [0.5, 0.6) is 5.75 Å². The average Bonchev–Trinajstić information content (AvgIpc) is 3.30. The summed E-state index contributed by atoms with van der Waals surface area (Å²) < 4.78 is 11.0. The Morgan fingerprint density at radius 2 is 1.62 bits per heavy atom. The van der Waals surface area contributed by atoms with Crippen LogP contribution < -0.4 is 10.5 Å². The van der Waals surface area contributed by atoms with Gasteiger partial charge < -0.3 is 9.15 Å². The Labute approximate surface area is 186 Å². The van der Waals surface area contributed by atoms with Crippen LogP contribution in [0.2, 0.25) is 0 Å². The molecule has 4 aromatic rings. The van der Waals surface area contributed by atoms with E-state index in [0.717, 1.165) is 29.8 Å². The number of hydrogen-bond acceptors (Lipinski definition) is 5. The lowest BCUT2D eigenvalue weighted by molar-refractivity contribution is 0.300. The molecule has 1 N–H and O–H groups in total. The predicted octanol–water partition coefficient (Wildman–Crippen LogP) is 5.25. The quantitative estimate of drug-likeness (QED) is 0.454. The van der Waals surface area contributed by atoms with Gasteiger partial charge in [0.05, 0.1) is 5.69 Å². The number of pyridine rings is 1. The second kappa shape index (κ2) is 8.83. The molecule has 32 heavy (non-hydrogen) atoms. The van der Waals surface area contributed by atoms with E-state index in [1.54, 1.807) is 6.20 Å². The first-order chi connectivity index (χ1) is 15.7. The normalized spacial score (nSPS) is 15.4. The van der Waals surface area contributed by atoms with Gasteiger partial charge in [0, 0.05) is 17.2 Å². The van der Waals surface area contributed by atoms with Crippen LogP contribution in [0.3, 0.4) is 0 Å². The average molecular weight is 428 g/mol. The molecule has 1 aliphatic rings. The minimum Gasteiger partial charge on any atom is -0.487 e. The lowest BCUT2D eigenvalue weighted by Crippen LogP contribution is -2.30. The third-order valence-electron chi connectivity index (χ3n) is 6.35. The van der Waals surface area contributed by atoms with Crippen LogP contribution in [0.4, 0.5) is 0 Å². The van der Waals surface area contributed by atoms with Gasteiger partial charge >= 0.3 is 5.76 Å². The number of nitrogens with zero attached hydrogens (tertiary/aromatic N) is 2. The number of rotatable bonds is 6. The number of hydrogen-bond donors (Lipinski definition) is 1. The molecule has 2 aromatic carbocycles. The maximum absolute atomic E-state index is 11.3. The van der Waals surface area contributed by atoms with Crippen molar-refractivity contribution in [1.82, 2.24) is 15.2 Å². The van der Waals surface area contributed by atoms with E-state index in [1.165, 1.54) is 30.4 Å². The van der Waals surface area contributed by atoms with Crippen LogP contribution in [0.15, 0.2) is 82.1 Å². The first-order valence-electron chi connectivity index (χ1n) is 11.0. The van der Waals surface area contributed by atoms with Crippen molar-refractivity contribution in [2.24, 2.45) is 0 Å². The maximum Gasteiger partial charge on any atom is 0.434 e. The molecule has 5 rings (SSSR count). The Hall–Kier alpha value is -3.67. The molecule has 0 bridgehead atoms. The van der Waals surface area contributed by atoms with Gasteiger partial charge in [-0.3, -0.25) is 4.98 Å². The predicted molar refractivity (Wildman–Crippen MR) is 121 cm³/mol. The van der Waals surface area contributed by atoms with Gasteiger partial charge in [-0.2, -0.15) is 0 Å². The van der Waals surface area contributed by atoms with Crippen molar-refractivity contribution in [2.75, 3.05) is 0 Å². The van der Waals surface area contributed by atoms with Gasteiger partial charge in [0.2, 0.25) is 5.89 Å². The highest BCUT2D eigenvalue weighted by Gasteiger charge is 2.35. The van der Waals surface area contributed by atoms with Crippen LogP contribution >= 0.6 is 0 Å². The zero-order valence-electron chi connectivity index (χ0n) is 17.8. The number of aromatic nitrogens is 3. The van der Waals surface area contributed by atoms with Gasteiger partial charge in [0.1, 0.15) is 12.4 Å². The van der Waals surface area contributed by atoms with Gasteiger partial charge in [0.15, 0.2) is 0 Å². The minimum atomic E-state index is -0.543. The standard InChI is InChI=1S/C26H25N3O3/c30-25-29-28-24(32-25)19-7-9-20(10-8-19)26(15-3-1-4-16-26)21-11-13-23(14-12-21)31-18-22-6-2-5-17-27-22/h2,5-14,17H,1,3-4,15-16,18H2,(H,29,30). The fraction of sp³-hybridized carbons (Fsp3) is 0.269. The largest absolute Gasteiger partial charge is 0.487 e. The van der Waals surface area contributed by atoms with Crippen LogP contribution in [-0.4, -0.2) is 15.2 Å². The van der Waals surface area contributed by atoms with Crippen LogP contribution in [0.25, 0.3) is 11.5 Å². The molecular weight excluding hydrogens is 402 g/mol. The highest BCUT2D eigenvalue weighted by atomic mass is 16.5. The molecule has 0 aliphatic heterocycles. The maximum atomic E-state index is 11.3. The summed E-state index contributed by atoms with van der Waals surface area (Å²) in [6, 6.07) is 22.6. The second-order valence-electron chi connectivity index (χ2n) is 8.27. The summed E-state index contributed by atoms with van der Waals surface area (Å²) in [7, 11) is 0. The summed E-state index contributed by atoms with van der Waals surface area (Å²) in [5.41, 5.74) is 4.26. The van der Waals surface area contributed by atoms with Crippen molar-refractivity contribution >= 4 is 0 Å². The van der Waals surface area contributed by atoms with Crippen molar-refractivity contribution in [3.05, 3.63) is 100 Å². The molecule has 0 amide bonds. The van der Waals surface area contributed by atoms with Crippen LogP contribution in [0.1, 0.15) is 48.9 Å². The summed E-state index contributed by atoms with van der Waals surface area (Å²) in [6.07, 6.45) is 7.67. The molecule has 1 saturated carbocycles. The number of benzene rings is 2. The van der Waals surface area contributed by atoms with Gasteiger partial charge in [-0.25, -0.2) is 9.89 Å². The third kappa shape index (κ3) is 4.08. The molecule has 0 spiro atoms. The van der Waals surface area contributed by atoms with E-state index < -0.39 is 5.76 Å². The molecule has 1 fully saturated rings. The fourth-order valence-electron chi connectivity index (χ4n) is 4.70. The van der Waals surface area contributed by atoms with Crippen LogP contribution in [0, 0.1) is 0 Å². The lowest BCUT2D eigenvalue weighted by Gasteiger charge is -2.38. The van der Waals surface area contributed by atoms with Crippen LogP contribution in [-0.2, 0) is 12.0 Å². The van der Waals surface area contributed by atoms with Gasteiger partial charge in [-0.1, -0.05) is 49.6 Å². The van der Waals surface area contributed by atoms with E-state index in [0.29, 0.717) is 12.5 Å². The molecule has 0 radical (unpaired) electrons. The van der Waals surface area contributed by atoms with Crippen molar-refractivity contribution in [1.29, 1.82) is 0 Å². The van der Waals surface area contributed by atoms with E-state index in [-0.39, 0.29) is 5.41 Å². The number of nitrogens with one attached hydrogen (secondary N) is 1. The van der Waals surface area contributed by atoms with E-state index in [1.807, 2.05) is 30.3 Å². The highest BCUT2D eigenvalue weighted by Crippen LogP contribution is 2.45. The molecule has 2 heterocycles. The molecule has 6 nitrogen and oxygen atoms in total. The molecule has 0 atom stereocenters. The summed E-state index contributed by atoms with van der Waals surface area (Å²) in [5, 5.41) is 6.25. The van der Waals surface area contributed by atoms with E-state index in [2.05, 4.69) is 51.6 Å². The Morgan fingerprint density at radius 3 is 2.25 bits per heavy atom. The summed E-state index contributed by atoms with van der Waals surface area (Å²) in [5.74, 6) is 0.612. The van der Waals surface area contributed by atoms with E-state index >= 15 is 0 Å². The van der Waals surface area contributed by atoms with E-state index in [9.17, 15) is 4.79 Å². The van der Waals surface area contributed by atoms with Gasteiger partial charge in [0.25, 0.3) is 0 Å². The number of H-pyrrole nitrogens is 1. The number of ether oxygens (including phenoxy) is 1. The summed E-state index contributed by atoms with van der Waals surface area (Å²) in [6.45, 7) is 0.454. The minimum absolute atomic E-state index is 0.0251. The Kier molecular flexibility index (Phi) is 5.58. The fourth-order valence-corrected chi connectivity index (χ4v) is 4.70. The second-order valence-corrected chi connectivity index (χ2v) is 8.27. The zero-order chi connectivity index (χ0) is 21.8. The molecule has 162 valence electrons. The first kappa shape index (κ1) is 20.2. The SMILES string of the molecule is O=c1[nH]nc(-c2ccc(C3(c4ccc(OCc5ccccn5)cc4)CCCCC3)cc2)o1. The van der Waals surface area contributed by atoms with Crippen molar-refractivity contribution in [3.8, 4) is 17.2 Å². The molecule has 6 heteroatoms. The Bertz CT molecular complexity index is 1210. The first-order valence-corrected chi connectivity index (χ1v) is 11.0. The summed E-state index contributed by atoms with van der Waals surface area (Å²) >= 11 is 0. The molecule has 2 aromatic heterocycles. The van der Waals surface area contributed by atoms with E-state index in [4.69, 9.17) is 9.15 Å². The smallest absolute Gasteiger partial charge is 0.434 e. The molecular formula is C26H25N3O3. The summed E-state index contributed by atoms with van der Waals surface area (Å²) in [4.78, 5) is 15.6. The monoisotopic (exact) mass is 427 g/mol. The van der Waals surface area contributed by atoms with Crippen molar-refractivity contribution in [3.63, 3.8) is 0 Å². The van der Waals surface area contributed by atoms with Gasteiger partial charge in [-0.05, 0) is 60.4 Å². The van der Waals surface area contributed by atoms with Gasteiger partial charge in [-0.15, -0.1) is 5.10 Å². The number of aromatic amines is 1. The zero-order valence-corrected chi connectivity index (χ0v) is 17.8. The van der Waals surface area contributed by atoms with Crippen molar-refractivity contribution < 1.29 is 9.15 Å². The van der Waals surface area contributed by atoms with Crippen molar-refractivity contribution in [2.45, 2.75) is 44.1 Å².